The average molecular weight is 382 g/mol. The molecule has 146 valence electrons. The molecule has 28 heavy (non-hydrogen) atoms. The number of likely N-dealkylation sites (tertiary alicyclic amines) is 1. The summed E-state index contributed by atoms with van der Waals surface area (Å²) in [6.07, 6.45) is 5.29. The van der Waals surface area contributed by atoms with E-state index in [1.807, 2.05) is 18.7 Å². The Labute approximate surface area is 162 Å². The molecule has 4 heterocycles. The molecule has 0 N–H and O–H groups in total. The lowest BCUT2D eigenvalue weighted by molar-refractivity contribution is -0.129. The molecule has 0 aromatic carbocycles. The molecule has 1 aliphatic heterocycles. The molecule has 1 aliphatic rings. The van der Waals surface area contributed by atoms with Gasteiger partial charge in [0.05, 0.1) is 29.1 Å². The van der Waals surface area contributed by atoms with Gasteiger partial charge in [-0.15, -0.1) is 0 Å². The molecule has 9 nitrogen and oxygen atoms in total. The Bertz CT molecular complexity index is 976. The molecular weight excluding hydrogens is 360 g/mol. The minimum Gasteiger partial charge on any atom is -0.361 e. The Hall–Kier alpha value is -3.10. The van der Waals surface area contributed by atoms with E-state index in [0.29, 0.717) is 23.9 Å². The van der Waals surface area contributed by atoms with Crippen LogP contribution in [0, 0.1) is 26.7 Å². The van der Waals surface area contributed by atoms with Gasteiger partial charge < -0.3 is 9.42 Å². The van der Waals surface area contributed by atoms with Gasteiger partial charge in [-0.3, -0.25) is 14.8 Å². The van der Waals surface area contributed by atoms with Crippen molar-refractivity contribution in [1.82, 2.24) is 30.3 Å². The van der Waals surface area contributed by atoms with E-state index in [1.54, 1.807) is 19.3 Å². The van der Waals surface area contributed by atoms with Crippen LogP contribution in [0.4, 0.5) is 0 Å². The van der Waals surface area contributed by atoms with Crippen LogP contribution in [0.25, 0.3) is 11.3 Å². The Morgan fingerprint density at radius 3 is 2.64 bits per heavy atom. The summed E-state index contributed by atoms with van der Waals surface area (Å²) >= 11 is 0. The standard InChI is InChI=1S/C19H22N6O3/c1-11-15(24-28-23-11)9-17(26)25-7-4-14(10-25)8-16-19(21-6-5-20-16)18-12(2)22-27-13(18)3/h5-6,14H,4,7-10H2,1-3H3/t14-/m0/s1. The molecule has 0 saturated carbocycles. The number of nitrogens with zero attached hydrogens (tertiary/aromatic N) is 6. The third-order valence-electron chi connectivity index (χ3n) is 5.23. The van der Waals surface area contributed by atoms with Crippen molar-refractivity contribution in [3.05, 3.63) is 40.9 Å². The summed E-state index contributed by atoms with van der Waals surface area (Å²) in [6, 6.07) is 0. The van der Waals surface area contributed by atoms with Crippen LogP contribution in [0.5, 0.6) is 0 Å². The molecule has 4 rings (SSSR count). The monoisotopic (exact) mass is 382 g/mol. The molecule has 1 fully saturated rings. The van der Waals surface area contributed by atoms with E-state index in [4.69, 9.17) is 4.52 Å². The molecule has 1 saturated heterocycles. The van der Waals surface area contributed by atoms with Gasteiger partial charge in [0.25, 0.3) is 0 Å². The fourth-order valence-electron chi connectivity index (χ4n) is 3.71. The Morgan fingerprint density at radius 2 is 1.93 bits per heavy atom. The molecular formula is C19H22N6O3. The summed E-state index contributed by atoms with van der Waals surface area (Å²) in [6.45, 7) is 7.00. The second kappa shape index (κ2) is 7.49. The van der Waals surface area contributed by atoms with E-state index in [2.05, 4.69) is 30.1 Å². The number of aryl methyl sites for hydroxylation is 3. The van der Waals surface area contributed by atoms with Gasteiger partial charge in [-0.1, -0.05) is 15.5 Å². The second-order valence-electron chi connectivity index (χ2n) is 7.22. The van der Waals surface area contributed by atoms with Crippen molar-refractivity contribution in [2.24, 2.45) is 5.92 Å². The largest absolute Gasteiger partial charge is 0.361 e. The van der Waals surface area contributed by atoms with Crippen molar-refractivity contribution in [3.8, 4) is 11.3 Å². The SMILES string of the molecule is Cc1nonc1CC(=O)N1CC[C@@H](Cc2nccnc2-c2c(C)noc2C)C1. The molecule has 1 atom stereocenters. The van der Waals surface area contributed by atoms with Gasteiger partial charge in [-0.2, -0.15) is 0 Å². The molecule has 3 aromatic heterocycles. The van der Waals surface area contributed by atoms with Crippen LogP contribution < -0.4 is 0 Å². The van der Waals surface area contributed by atoms with E-state index in [1.165, 1.54) is 0 Å². The quantitative estimate of drug-likeness (QED) is 0.659. The molecule has 9 heteroatoms. The number of carbonyl (C=O) groups is 1. The van der Waals surface area contributed by atoms with E-state index in [9.17, 15) is 4.79 Å². The molecule has 0 bridgehead atoms. The Morgan fingerprint density at radius 1 is 1.11 bits per heavy atom. The van der Waals surface area contributed by atoms with Crippen LogP contribution in [-0.4, -0.2) is 49.3 Å². The third kappa shape index (κ3) is 3.51. The maximum absolute atomic E-state index is 12.6. The zero-order valence-corrected chi connectivity index (χ0v) is 16.2. The summed E-state index contributed by atoms with van der Waals surface area (Å²) in [5, 5.41) is 11.6. The normalized spacial score (nSPS) is 16.7. The van der Waals surface area contributed by atoms with Crippen LogP contribution in [-0.2, 0) is 17.6 Å². The zero-order chi connectivity index (χ0) is 19.7. The van der Waals surface area contributed by atoms with E-state index < -0.39 is 0 Å². The van der Waals surface area contributed by atoms with E-state index in [-0.39, 0.29) is 12.3 Å². The number of hydrogen-bond acceptors (Lipinski definition) is 8. The van der Waals surface area contributed by atoms with Crippen molar-refractivity contribution in [3.63, 3.8) is 0 Å². The van der Waals surface area contributed by atoms with E-state index >= 15 is 0 Å². The van der Waals surface area contributed by atoms with Gasteiger partial charge in [0, 0.05) is 25.5 Å². The van der Waals surface area contributed by atoms with Crippen LogP contribution in [0.3, 0.4) is 0 Å². The lowest BCUT2D eigenvalue weighted by Crippen LogP contribution is -2.30. The van der Waals surface area contributed by atoms with Gasteiger partial charge in [0.1, 0.15) is 17.1 Å². The minimum atomic E-state index is 0.0476. The topological polar surface area (TPSA) is 111 Å². The first-order valence-corrected chi connectivity index (χ1v) is 9.32. The summed E-state index contributed by atoms with van der Waals surface area (Å²) in [7, 11) is 0. The predicted molar refractivity (Wildman–Crippen MR) is 98.1 cm³/mol. The first-order valence-electron chi connectivity index (χ1n) is 9.32. The van der Waals surface area contributed by atoms with Crippen molar-refractivity contribution >= 4 is 5.91 Å². The van der Waals surface area contributed by atoms with Crippen molar-refractivity contribution in [1.29, 1.82) is 0 Å². The van der Waals surface area contributed by atoms with Crippen molar-refractivity contribution < 1.29 is 13.9 Å². The van der Waals surface area contributed by atoms with Gasteiger partial charge in [0.2, 0.25) is 5.91 Å². The first-order chi connectivity index (χ1) is 13.5. The maximum atomic E-state index is 12.6. The Kier molecular flexibility index (Phi) is 4.89. The van der Waals surface area contributed by atoms with Crippen LogP contribution in [0.1, 0.15) is 35.0 Å². The fourth-order valence-corrected chi connectivity index (χ4v) is 3.71. The molecule has 0 unspecified atom stereocenters. The lowest BCUT2D eigenvalue weighted by Gasteiger charge is -2.16. The summed E-state index contributed by atoms with van der Waals surface area (Å²) in [5.74, 6) is 1.11. The fraction of sp³-hybridized carbons (Fsp3) is 0.474. The highest BCUT2D eigenvalue weighted by molar-refractivity contribution is 5.78. The predicted octanol–water partition coefficient (Wildman–Crippen LogP) is 2.07. The van der Waals surface area contributed by atoms with Crippen LogP contribution in [0.2, 0.25) is 0 Å². The second-order valence-corrected chi connectivity index (χ2v) is 7.22. The van der Waals surface area contributed by atoms with Crippen LogP contribution >= 0.6 is 0 Å². The van der Waals surface area contributed by atoms with Gasteiger partial charge in [0.15, 0.2) is 0 Å². The minimum absolute atomic E-state index is 0.0476. The average Bonchev–Trinajstić information content (AvgIpc) is 3.38. The lowest BCUT2D eigenvalue weighted by atomic mass is 9.98. The number of amides is 1. The molecule has 1 amide bonds. The Balaban J connectivity index is 1.45. The zero-order valence-electron chi connectivity index (χ0n) is 16.2. The number of hydrogen-bond donors (Lipinski definition) is 0. The smallest absolute Gasteiger partial charge is 0.228 e. The molecule has 0 spiro atoms. The molecule has 3 aromatic rings. The number of aromatic nitrogens is 5. The van der Waals surface area contributed by atoms with Crippen molar-refractivity contribution in [2.75, 3.05) is 13.1 Å². The highest BCUT2D eigenvalue weighted by atomic mass is 16.6. The maximum Gasteiger partial charge on any atom is 0.228 e. The number of carbonyl (C=O) groups excluding carboxylic acids is 1. The highest BCUT2D eigenvalue weighted by Crippen LogP contribution is 2.30. The van der Waals surface area contributed by atoms with Gasteiger partial charge in [-0.05, 0) is 39.5 Å². The first kappa shape index (κ1) is 18.3. The van der Waals surface area contributed by atoms with Gasteiger partial charge in [-0.25, -0.2) is 4.63 Å². The van der Waals surface area contributed by atoms with Crippen LogP contribution in [0.15, 0.2) is 21.5 Å². The summed E-state index contributed by atoms with van der Waals surface area (Å²) in [4.78, 5) is 23.5. The van der Waals surface area contributed by atoms with E-state index in [0.717, 1.165) is 47.8 Å². The molecule has 0 radical (unpaired) electrons. The summed E-state index contributed by atoms with van der Waals surface area (Å²) in [5.41, 5.74) is 4.69. The van der Waals surface area contributed by atoms with Gasteiger partial charge >= 0.3 is 0 Å². The van der Waals surface area contributed by atoms with Crippen molar-refractivity contribution in [2.45, 2.75) is 40.0 Å². The third-order valence-corrected chi connectivity index (χ3v) is 5.23. The highest BCUT2D eigenvalue weighted by Gasteiger charge is 2.29. The summed E-state index contributed by atoms with van der Waals surface area (Å²) < 4.78 is 9.97. The molecule has 0 aliphatic carbocycles. The number of rotatable bonds is 5.